The number of carbonyl (C=O) groups is 1. The molecule has 0 spiro atoms. The van der Waals surface area contributed by atoms with Gasteiger partial charge in [-0.05, 0) is 56.9 Å². The van der Waals surface area contributed by atoms with E-state index in [1.54, 1.807) is 0 Å². The van der Waals surface area contributed by atoms with Gasteiger partial charge in [0.05, 0.1) is 0 Å². The van der Waals surface area contributed by atoms with Crippen LogP contribution in [0.25, 0.3) is 0 Å². The van der Waals surface area contributed by atoms with Crippen LogP contribution in [0.5, 0.6) is 0 Å². The lowest BCUT2D eigenvalue weighted by molar-refractivity contribution is -0.134. The molecule has 0 aromatic carbocycles. The SMILES string of the molecule is O=C(C1C2CCCC21)N1CCCC1C1CCCN1. The smallest absolute Gasteiger partial charge is 0.226 e. The van der Waals surface area contributed by atoms with Crippen molar-refractivity contribution in [1.29, 1.82) is 0 Å². The first-order chi connectivity index (χ1) is 8.86. The van der Waals surface area contributed by atoms with Crippen LogP contribution in [0.3, 0.4) is 0 Å². The predicted molar refractivity (Wildman–Crippen MR) is 70.1 cm³/mol. The van der Waals surface area contributed by atoms with E-state index in [9.17, 15) is 4.79 Å². The number of hydrogen-bond acceptors (Lipinski definition) is 2. The van der Waals surface area contributed by atoms with Gasteiger partial charge in [-0.1, -0.05) is 6.42 Å². The monoisotopic (exact) mass is 248 g/mol. The average Bonchev–Trinajstić information content (AvgIpc) is 2.94. The number of nitrogens with zero attached hydrogens (tertiary/aromatic N) is 1. The van der Waals surface area contributed by atoms with Crippen molar-refractivity contribution in [2.45, 2.75) is 57.0 Å². The third kappa shape index (κ3) is 1.63. The van der Waals surface area contributed by atoms with E-state index in [-0.39, 0.29) is 0 Å². The zero-order chi connectivity index (χ0) is 12.1. The molecule has 0 bridgehead atoms. The van der Waals surface area contributed by atoms with Crippen molar-refractivity contribution < 1.29 is 4.79 Å². The quantitative estimate of drug-likeness (QED) is 0.808. The van der Waals surface area contributed by atoms with Crippen molar-refractivity contribution in [2.75, 3.05) is 13.1 Å². The number of likely N-dealkylation sites (tertiary alicyclic amines) is 1. The first-order valence-corrected chi connectivity index (χ1v) is 7.90. The highest BCUT2D eigenvalue weighted by atomic mass is 16.2. The molecule has 2 aliphatic carbocycles. The summed E-state index contributed by atoms with van der Waals surface area (Å²) < 4.78 is 0. The molecular formula is C15H24N2O. The molecule has 2 saturated carbocycles. The van der Waals surface area contributed by atoms with E-state index >= 15 is 0 Å². The minimum absolute atomic E-state index is 0.431. The maximum absolute atomic E-state index is 12.7. The Kier molecular flexibility index (Phi) is 2.65. The number of amides is 1. The molecule has 0 aromatic rings. The van der Waals surface area contributed by atoms with Crippen molar-refractivity contribution in [3.05, 3.63) is 0 Å². The fraction of sp³-hybridized carbons (Fsp3) is 0.933. The molecule has 0 aromatic heterocycles. The summed E-state index contributed by atoms with van der Waals surface area (Å²) in [4.78, 5) is 14.9. The van der Waals surface area contributed by atoms with Gasteiger partial charge in [-0.2, -0.15) is 0 Å². The fourth-order valence-electron chi connectivity index (χ4n) is 4.90. The van der Waals surface area contributed by atoms with Crippen LogP contribution in [0, 0.1) is 17.8 Å². The van der Waals surface area contributed by atoms with Gasteiger partial charge in [0.15, 0.2) is 0 Å². The van der Waals surface area contributed by atoms with Crippen LogP contribution >= 0.6 is 0 Å². The Morgan fingerprint density at radius 1 is 1.00 bits per heavy atom. The van der Waals surface area contributed by atoms with Crippen molar-refractivity contribution in [3.8, 4) is 0 Å². The molecule has 18 heavy (non-hydrogen) atoms. The summed E-state index contributed by atoms with van der Waals surface area (Å²) >= 11 is 0. The minimum atomic E-state index is 0.431. The summed E-state index contributed by atoms with van der Waals surface area (Å²) in [7, 11) is 0. The molecule has 3 heteroatoms. The van der Waals surface area contributed by atoms with E-state index < -0.39 is 0 Å². The van der Waals surface area contributed by atoms with Crippen LogP contribution in [0.1, 0.15) is 44.9 Å². The van der Waals surface area contributed by atoms with E-state index in [0.717, 1.165) is 24.9 Å². The van der Waals surface area contributed by atoms with E-state index in [2.05, 4.69) is 10.2 Å². The summed E-state index contributed by atoms with van der Waals surface area (Å²) in [6.07, 6.45) is 9.02. The molecule has 3 nitrogen and oxygen atoms in total. The number of rotatable bonds is 2. The molecule has 0 radical (unpaired) electrons. The maximum atomic E-state index is 12.7. The van der Waals surface area contributed by atoms with Crippen LogP contribution < -0.4 is 5.32 Å². The number of carbonyl (C=O) groups excluding carboxylic acids is 1. The standard InChI is InChI=1S/C15H24N2O/c18-15(14-10-4-1-5-11(10)14)17-9-3-7-13(17)12-6-2-8-16-12/h10-14,16H,1-9H2. The molecular weight excluding hydrogens is 224 g/mol. The van der Waals surface area contributed by atoms with Crippen molar-refractivity contribution in [3.63, 3.8) is 0 Å². The lowest BCUT2D eigenvalue weighted by Gasteiger charge is -2.30. The second-order valence-corrected chi connectivity index (χ2v) is 6.73. The Balaban J connectivity index is 1.44. The van der Waals surface area contributed by atoms with E-state index in [1.807, 2.05) is 0 Å². The topological polar surface area (TPSA) is 32.3 Å². The van der Waals surface area contributed by atoms with E-state index in [0.29, 0.717) is 23.9 Å². The Morgan fingerprint density at radius 2 is 1.83 bits per heavy atom. The minimum Gasteiger partial charge on any atom is -0.338 e. The summed E-state index contributed by atoms with van der Waals surface area (Å²) in [5, 5.41) is 3.60. The van der Waals surface area contributed by atoms with Gasteiger partial charge in [0.2, 0.25) is 5.91 Å². The Bertz CT molecular complexity index is 340. The second kappa shape index (κ2) is 4.22. The van der Waals surface area contributed by atoms with Crippen LogP contribution in [0.4, 0.5) is 0 Å². The van der Waals surface area contributed by atoms with Gasteiger partial charge in [-0.3, -0.25) is 4.79 Å². The summed E-state index contributed by atoms with van der Waals surface area (Å²) in [6, 6.07) is 1.11. The average molecular weight is 248 g/mol. The first-order valence-electron chi connectivity index (χ1n) is 7.90. The van der Waals surface area contributed by atoms with Gasteiger partial charge in [-0.25, -0.2) is 0 Å². The zero-order valence-corrected chi connectivity index (χ0v) is 11.1. The fourth-order valence-corrected chi connectivity index (χ4v) is 4.90. The van der Waals surface area contributed by atoms with E-state index in [1.165, 1.54) is 44.9 Å². The van der Waals surface area contributed by atoms with Gasteiger partial charge >= 0.3 is 0 Å². The van der Waals surface area contributed by atoms with Gasteiger partial charge in [0.1, 0.15) is 0 Å². The summed E-state index contributed by atoms with van der Waals surface area (Å²) in [5.41, 5.74) is 0. The molecule has 2 aliphatic heterocycles. The van der Waals surface area contributed by atoms with Crippen LogP contribution in [0.15, 0.2) is 0 Å². The molecule has 1 N–H and O–H groups in total. The molecule has 2 saturated heterocycles. The molecule has 4 aliphatic rings. The van der Waals surface area contributed by atoms with E-state index in [4.69, 9.17) is 0 Å². The molecule has 2 heterocycles. The lowest BCUT2D eigenvalue weighted by Crippen LogP contribution is -2.47. The molecule has 4 rings (SSSR count). The number of fused-ring (bicyclic) bond motifs is 1. The first kappa shape index (κ1) is 11.3. The normalized spacial score (nSPS) is 46.4. The van der Waals surface area contributed by atoms with Crippen LogP contribution in [-0.4, -0.2) is 36.0 Å². The molecule has 4 fully saturated rings. The van der Waals surface area contributed by atoms with Crippen molar-refractivity contribution >= 4 is 5.91 Å². The Morgan fingerprint density at radius 3 is 2.56 bits per heavy atom. The van der Waals surface area contributed by atoms with Crippen molar-refractivity contribution in [1.82, 2.24) is 10.2 Å². The van der Waals surface area contributed by atoms with Gasteiger partial charge in [0, 0.05) is 24.5 Å². The highest BCUT2D eigenvalue weighted by Crippen LogP contribution is 2.58. The van der Waals surface area contributed by atoms with Gasteiger partial charge < -0.3 is 10.2 Å². The van der Waals surface area contributed by atoms with Crippen LogP contribution in [0.2, 0.25) is 0 Å². The van der Waals surface area contributed by atoms with Gasteiger partial charge in [0.25, 0.3) is 0 Å². The molecule has 4 unspecified atom stereocenters. The number of nitrogens with one attached hydrogen (secondary N) is 1. The highest BCUT2D eigenvalue weighted by molar-refractivity contribution is 5.83. The third-order valence-corrected chi connectivity index (χ3v) is 5.84. The predicted octanol–water partition coefficient (Wildman–Crippen LogP) is 1.78. The Hall–Kier alpha value is -0.570. The maximum Gasteiger partial charge on any atom is 0.226 e. The summed E-state index contributed by atoms with van der Waals surface area (Å²) in [5.74, 6) is 2.49. The lowest BCUT2D eigenvalue weighted by atomic mass is 10.0. The highest BCUT2D eigenvalue weighted by Gasteiger charge is 2.58. The van der Waals surface area contributed by atoms with Crippen molar-refractivity contribution in [2.24, 2.45) is 17.8 Å². The molecule has 100 valence electrons. The zero-order valence-electron chi connectivity index (χ0n) is 11.1. The number of hydrogen-bond donors (Lipinski definition) is 1. The summed E-state index contributed by atoms with van der Waals surface area (Å²) in [6.45, 7) is 2.18. The molecule has 1 amide bonds. The van der Waals surface area contributed by atoms with Crippen LogP contribution in [-0.2, 0) is 4.79 Å². The Labute approximate surface area is 109 Å². The largest absolute Gasteiger partial charge is 0.338 e. The third-order valence-electron chi connectivity index (χ3n) is 5.84. The second-order valence-electron chi connectivity index (χ2n) is 6.73. The van der Waals surface area contributed by atoms with Gasteiger partial charge in [-0.15, -0.1) is 0 Å². The molecule has 4 atom stereocenters.